The van der Waals surface area contributed by atoms with Crippen molar-refractivity contribution in [1.29, 1.82) is 0 Å². The number of aryl methyl sites for hydroxylation is 1. The third-order valence-electron chi connectivity index (χ3n) is 2.69. The van der Waals surface area contributed by atoms with E-state index >= 15 is 0 Å². The summed E-state index contributed by atoms with van der Waals surface area (Å²) >= 11 is 0. The number of ether oxygens (including phenoxy) is 1. The Kier molecular flexibility index (Phi) is 3.91. The Morgan fingerprint density at radius 3 is 2.63 bits per heavy atom. The second-order valence-corrected chi connectivity index (χ2v) is 4.07. The van der Waals surface area contributed by atoms with E-state index in [9.17, 15) is 4.79 Å². The average molecular weight is 261 g/mol. The molecule has 100 valence electrons. The zero-order valence-corrected chi connectivity index (χ0v) is 10.8. The molecule has 0 atom stereocenters. The fourth-order valence-electron chi connectivity index (χ4n) is 1.69. The minimum Gasteiger partial charge on any atom is -0.476 e. The summed E-state index contributed by atoms with van der Waals surface area (Å²) in [5, 5.41) is 16.7. The molecule has 2 rings (SSSR count). The lowest BCUT2D eigenvalue weighted by Gasteiger charge is -2.07. The van der Waals surface area contributed by atoms with Gasteiger partial charge in [0, 0.05) is 6.61 Å². The molecule has 0 aliphatic heterocycles. The second kappa shape index (κ2) is 5.62. The van der Waals surface area contributed by atoms with E-state index in [1.165, 1.54) is 4.68 Å². The van der Waals surface area contributed by atoms with E-state index in [2.05, 4.69) is 10.3 Å². The number of benzene rings is 1. The molecular formula is C13H15N3O3. The molecule has 0 saturated carbocycles. The molecule has 0 fully saturated rings. The maximum absolute atomic E-state index is 11.1. The molecule has 0 radical (unpaired) electrons. The van der Waals surface area contributed by atoms with Crippen LogP contribution in [-0.4, -0.2) is 32.7 Å². The van der Waals surface area contributed by atoms with E-state index < -0.39 is 5.97 Å². The van der Waals surface area contributed by atoms with E-state index in [1.54, 1.807) is 0 Å². The number of rotatable bonds is 5. The van der Waals surface area contributed by atoms with Gasteiger partial charge in [-0.3, -0.25) is 0 Å². The highest BCUT2D eigenvalue weighted by molar-refractivity contribution is 5.86. The maximum Gasteiger partial charge on any atom is 0.358 e. The van der Waals surface area contributed by atoms with Gasteiger partial charge in [0.2, 0.25) is 0 Å². The smallest absolute Gasteiger partial charge is 0.358 e. The van der Waals surface area contributed by atoms with E-state index in [0.717, 1.165) is 11.3 Å². The average Bonchev–Trinajstić information content (AvgIpc) is 2.81. The number of hydrogen-bond acceptors (Lipinski definition) is 4. The van der Waals surface area contributed by atoms with E-state index in [1.807, 2.05) is 38.1 Å². The summed E-state index contributed by atoms with van der Waals surface area (Å²) in [5.41, 5.74) is 2.25. The molecule has 6 heteroatoms. The first-order valence-electron chi connectivity index (χ1n) is 5.96. The lowest BCUT2D eigenvalue weighted by Crippen LogP contribution is -2.08. The van der Waals surface area contributed by atoms with Crippen LogP contribution in [0.15, 0.2) is 24.3 Å². The molecule has 19 heavy (non-hydrogen) atoms. The second-order valence-electron chi connectivity index (χ2n) is 4.07. The number of carboxylic acid groups (broad SMARTS) is 1. The van der Waals surface area contributed by atoms with Gasteiger partial charge in [0.25, 0.3) is 0 Å². The fourth-order valence-corrected chi connectivity index (χ4v) is 1.69. The van der Waals surface area contributed by atoms with Crippen molar-refractivity contribution in [2.75, 3.05) is 6.61 Å². The largest absolute Gasteiger partial charge is 0.476 e. The molecule has 1 aromatic heterocycles. The SMILES string of the molecule is CCOCc1c(C(=O)O)nnn1-c1ccc(C)cc1. The van der Waals surface area contributed by atoms with Gasteiger partial charge in [0.15, 0.2) is 5.69 Å². The zero-order valence-electron chi connectivity index (χ0n) is 10.8. The number of aromatic carboxylic acids is 1. The minimum atomic E-state index is -1.10. The van der Waals surface area contributed by atoms with Crippen molar-refractivity contribution in [2.45, 2.75) is 20.5 Å². The molecular weight excluding hydrogens is 246 g/mol. The first-order valence-corrected chi connectivity index (χ1v) is 5.96. The summed E-state index contributed by atoms with van der Waals surface area (Å²) in [6.07, 6.45) is 0. The van der Waals surface area contributed by atoms with Crippen LogP contribution in [0.2, 0.25) is 0 Å². The van der Waals surface area contributed by atoms with Crippen molar-refractivity contribution in [3.63, 3.8) is 0 Å². The van der Waals surface area contributed by atoms with Crippen LogP contribution >= 0.6 is 0 Å². The van der Waals surface area contributed by atoms with Crippen molar-refractivity contribution in [3.05, 3.63) is 41.2 Å². The molecule has 0 spiro atoms. The molecule has 2 aromatic rings. The Balaban J connectivity index is 2.44. The van der Waals surface area contributed by atoms with Crippen molar-refractivity contribution in [1.82, 2.24) is 15.0 Å². The predicted octanol–water partition coefficient (Wildman–Crippen LogP) is 1.81. The number of carboxylic acids is 1. The third kappa shape index (κ3) is 2.79. The monoisotopic (exact) mass is 261 g/mol. The molecule has 0 aliphatic carbocycles. The molecule has 6 nitrogen and oxygen atoms in total. The highest BCUT2D eigenvalue weighted by Crippen LogP contribution is 2.15. The normalized spacial score (nSPS) is 10.6. The van der Waals surface area contributed by atoms with Gasteiger partial charge in [0.1, 0.15) is 5.69 Å². The summed E-state index contributed by atoms with van der Waals surface area (Å²) in [4.78, 5) is 11.1. The van der Waals surface area contributed by atoms with Gasteiger partial charge < -0.3 is 9.84 Å². The van der Waals surface area contributed by atoms with Crippen LogP contribution in [0.1, 0.15) is 28.7 Å². The first-order chi connectivity index (χ1) is 9.13. The lowest BCUT2D eigenvalue weighted by molar-refractivity contribution is 0.0681. The Hall–Kier alpha value is -2.21. The zero-order chi connectivity index (χ0) is 13.8. The highest BCUT2D eigenvalue weighted by atomic mass is 16.5. The van der Waals surface area contributed by atoms with Crippen LogP contribution in [0.3, 0.4) is 0 Å². The van der Waals surface area contributed by atoms with Crippen LogP contribution in [0.5, 0.6) is 0 Å². The van der Waals surface area contributed by atoms with Crippen LogP contribution in [-0.2, 0) is 11.3 Å². The van der Waals surface area contributed by atoms with E-state index in [4.69, 9.17) is 9.84 Å². The Labute approximate surface area is 110 Å². The highest BCUT2D eigenvalue weighted by Gasteiger charge is 2.19. The van der Waals surface area contributed by atoms with Gasteiger partial charge in [-0.05, 0) is 26.0 Å². The molecule has 1 heterocycles. The molecule has 0 aliphatic rings. The summed E-state index contributed by atoms with van der Waals surface area (Å²) < 4.78 is 6.79. The molecule has 1 aromatic carbocycles. The Bertz CT molecular complexity index is 575. The van der Waals surface area contributed by atoms with Crippen LogP contribution in [0, 0.1) is 6.92 Å². The number of carbonyl (C=O) groups is 1. The summed E-state index contributed by atoms with van der Waals surface area (Å²) in [6.45, 7) is 4.49. The van der Waals surface area contributed by atoms with Gasteiger partial charge in [0.05, 0.1) is 12.3 Å². The fraction of sp³-hybridized carbons (Fsp3) is 0.308. The van der Waals surface area contributed by atoms with Crippen LogP contribution in [0.4, 0.5) is 0 Å². The van der Waals surface area contributed by atoms with Crippen LogP contribution in [0.25, 0.3) is 5.69 Å². The molecule has 1 N–H and O–H groups in total. The quantitative estimate of drug-likeness (QED) is 0.888. The van der Waals surface area contributed by atoms with Crippen molar-refractivity contribution in [3.8, 4) is 5.69 Å². The number of nitrogens with zero attached hydrogens (tertiary/aromatic N) is 3. The van der Waals surface area contributed by atoms with Crippen molar-refractivity contribution >= 4 is 5.97 Å². The maximum atomic E-state index is 11.1. The lowest BCUT2D eigenvalue weighted by atomic mass is 10.2. The van der Waals surface area contributed by atoms with Gasteiger partial charge >= 0.3 is 5.97 Å². The summed E-state index contributed by atoms with van der Waals surface area (Å²) in [7, 11) is 0. The summed E-state index contributed by atoms with van der Waals surface area (Å²) in [6, 6.07) is 7.60. The third-order valence-corrected chi connectivity index (χ3v) is 2.69. The molecule has 0 unspecified atom stereocenters. The minimum absolute atomic E-state index is 0.0750. The van der Waals surface area contributed by atoms with Gasteiger partial charge in [-0.25, -0.2) is 9.48 Å². The topological polar surface area (TPSA) is 77.2 Å². The van der Waals surface area contributed by atoms with Crippen molar-refractivity contribution in [2.24, 2.45) is 0 Å². The molecule has 0 amide bonds. The standard InChI is InChI=1S/C13H15N3O3/c1-3-19-8-11-12(13(17)18)14-15-16(11)10-6-4-9(2)5-7-10/h4-7H,3,8H2,1-2H3,(H,17,18). The van der Waals surface area contributed by atoms with Gasteiger partial charge in [-0.2, -0.15) is 0 Å². The predicted molar refractivity (Wildman–Crippen MR) is 68.4 cm³/mol. The van der Waals surface area contributed by atoms with Gasteiger partial charge in [-0.15, -0.1) is 5.10 Å². The van der Waals surface area contributed by atoms with Crippen molar-refractivity contribution < 1.29 is 14.6 Å². The molecule has 0 saturated heterocycles. The number of hydrogen-bond donors (Lipinski definition) is 1. The van der Waals surface area contributed by atoms with Gasteiger partial charge in [-0.1, -0.05) is 22.9 Å². The Morgan fingerprint density at radius 1 is 1.37 bits per heavy atom. The van der Waals surface area contributed by atoms with E-state index in [-0.39, 0.29) is 12.3 Å². The van der Waals surface area contributed by atoms with E-state index in [0.29, 0.717) is 12.3 Å². The Morgan fingerprint density at radius 2 is 2.05 bits per heavy atom. The first kappa shape index (κ1) is 13.2. The summed E-state index contributed by atoms with van der Waals surface area (Å²) in [5.74, 6) is -1.10. The van der Waals surface area contributed by atoms with Crippen LogP contribution < -0.4 is 0 Å². The number of aromatic nitrogens is 3. The molecule has 0 bridgehead atoms.